The number of pyridine rings is 1. The van der Waals surface area contributed by atoms with Gasteiger partial charge in [-0.05, 0) is 35.7 Å². The number of hydrogen-bond acceptors (Lipinski definition) is 5. The normalized spacial score (nSPS) is 12.2. The molecule has 0 aliphatic heterocycles. The van der Waals surface area contributed by atoms with Crippen LogP contribution in [0.2, 0.25) is 0 Å². The maximum Gasteiger partial charge on any atom is 0.155 e. The van der Waals surface area contributed by atoms with Crippen molar-refractivity contribution in [2.75, 3.05) is 12.5 Å². The van der Waals surface area contributed by atoms with Crippen LogP contribution in [0, 0.1) is 0 Å². The molecular formula is C20H24N4S. The lowest BCUT2D eigenvalue weighted by molar-refractivity contribution is 0.571. The Hall–Kier alpha value is -2.24. The summed E-state index contributed by atoms with van der Waals surface area (Å²) in [7, 11) is 1.95. The van der Waals surface area contributed by atoms with E-state index < -0.39 is 0 Å². The third kappa shape index (κ3) is 4.24. The lowest BCUT2D eigenvalue weighted by Crippen LogP contribution is -2.14. The quantitative estimate of drug-likeness (QED) is 0.514. The van der Waals surface area contributed by atoms with Gasteiger partial charge in [0.25, 0.3) is 0 Å². The molecule has 2 N–H and O–H groups in total. The van der Waals surface area contributed by atoms with Crippen molar-refractivity contribution in [1.29, 1.82) is 0 Å². The summed E-state index contributed by atoms with van der Waals surface area (Å²) in [6, 6.07) is 12.6. The Balaban J connectivity index is 1.81. The topological polar surface area (TPSA) is 49.3 Å². The Morgan fingerprint density at radius 3 is 2.60 bits per heavy atom. The van der Waals surface area contributed by atoms with Crippen LogP contribution in [-0.2, 0) is 12.0 Å². The summed E-state index contributed by atoms with van der Waals surface area (Å²) in [5.41, 5.74) is 6.51. The summed E-state index contributed by atoms with van der Waals surface area (Å²) in [6.45, 7) is 7.40. The Bertz CT molecular complexity index is 873. The number of nitrogens with one attached hydrogen (secondary N) is 2. The number of thiophene rings is 1. The van der Waals surface area contributed by atoms with Gasteiger partial charge < -0.3 is 5.32 Å². The van der Waals surface area contributed by atoms with Crippen LogP contribution in [-0.4, -0.2) is 18.2 Å². The minimum Gasteiger partial charge on any atom is -0.316 e. The molecule has 3 rings (SSSR count). The summed E-state index contributed by atoms with van der Waals surface area (Å²) < 4.78 is 1.23. The third-order valence-electron chi connectivity index (χ3n) is 3.96. The van der Waals surface area contributed by atoms with Crippen molar-refractivity contribution >= 4 is 33.5 Å². The molecule has 0 bridgehead atoms. The van der Waals surface area contributed by atoms with E-state index in [-0.39, 0.29) is 5.41 Å². The van der Waals surface area contributed by atoms with Crippen molar-refractivity contribution in [3.05, 3.63) is 58.6 Å². The lowest BCUT2D eigenvalue weighted by atomic mass is 9.91. The molecule has 1 aromatic carbocycles. The summed E-state index contributed by atoms with van der Waals surface area (Å²) in [6.07, 6.45) is 1.83. The second-order valence-electron chi connectivity index (χ2n) is 7.08. The van der Waals surface area contributed by atoms with Crippen molar-refractivity contribution in [3.8, 4) is 0 Å². The monoisotopic (exact) mass is 352 g/mol. The van der Waals surface area contributed by atoms with Crippen LogP contribution in [0.5, 0.6) is 0 Å². The van der Waals surface area contributed by atoms with Crippen molar-refractivity contribution in [3.63, 3.8) is 0 Å². The Kier molecular flexibility index (Phi) is 5.16. The van der Waals surface area contributed by atoms with Gasteiger partial charge in [0.2, 0.25) is 0 Å². The van der Waals surface area contributed by atoms with E-state index in [4.69, 9.17) is 4.98 Å². The highest BCUT2D eigenvalue weighted by Gasteiger charge is 2.18. The number of nitrogens with zero attached hydrogens (tertiary/aromatic N) is 2. The molecule has 130 valence electrons. The molecule has 0 aliphatic rings. The number of anilines is 1. The number of hydrazone groups is 1. The zero-order valence-electron chi connectivity index (χ0n) is 15.1. The molecule has 0 spiro atoms. The van der Waals surface area contributed by atoms with Gasteiger partial charge in [0.1, 0.15) is 0 Å². The second kappa shape index (κ2) is 7.33. The van der Waals surface area contributed by atoms with Crippen LogP contribution in [0.25, 0.3) is 10.1 Å². The van der Waals surface area contributed by atoms with E-state index >= 15 is 0 Å². The van der Waals surface area contributed by atoms with Crippen LogP contribution in [0.1, 0.15) is 37.6 Å². The molecule has 0 atom stereocenters. The maximum absolute atomic E-state index is 4.79. The minimum absolute atomic E-state index is 0.00146. The van der Waals surface area contributed by atoms with Crippen molar-refractivity contribution in [2.24, 2.45) is 5.10 Å². The molecule has 3 aromatic rings. The van der Waals surface area contributed by atoms with Gasteiger partial charge in [0.15, 0.2) is 5.82 Å². The molecule has 25 heavy (non-hydrogen) atoms. The first-order chi connectivity index (χ1) is 12.0. The summed E-state index contributed by atoms with van der Waals surface area (Å²) in [5, 5.41) is 10.7. The number of rotatable bonds is 5. The zero-order chi connectivity index (χ0) is 17.9. The van der Waals surface area contributed by atoms with Crippen molar-refractivity contribution in [1.82, 2.24) is 10.3 Å². The molecule has 0 amide bonds. The molecular weight excluding hydrogens is 328 g/mol. The van der Waals surface area contributed by atoms with Gasteiger partial charge >= 0.3 is 0 Å². The van der Waals surface area contributed by atoms with Gasteiger partial charge in [0, 0.05) is 27.7 Å². The average Bonchev–Trinajstić information content (AvgIpc) is 3.04. The maximum atomic E-state index is 4.79. The highest BCUT2D eigenvalue weighted by molar-refractivity contribution is 7.17. The van der Waals surface area contributed by atoms with Crippen LogP contribution in [0.3, 0.4) is 0 Å². The molecule has 0 saturated carbocycles. The first-order valence-corrected chi connectivity index (χ1v) is 9.27. The smallest absolute Gasteiger partial charge is 0.155 e. The Morgan fingerprint density at radius 1 is 1.16 bits per heavy atom. The predicted molar refractivity (Wildman–Crippen MR) is 109 cm³/mol. The largest absolute Gasteiger partial charge is 0.316 e. The van der Waals surface area contributed by atoms with Crippen LogP contribution in [0.4, 0.5) is 5.82 Å². The number of fused-ring (bicyclic) bond motifs is 1. The van der Waals surface area contributed by atoms with E-state index in [0.717, 1.165) is 29.0 Å². The standard InChI is InChI=1S/C20H24N4S/c1-20(2,3)18-11-17-16(9-10-25-17)19(23-18)24-22-13-15-7-5-14(6-8-15)12-21-4/h5-11,13,21H,12H2,1-4H3,(H,23,24). The Labute approximate surface area is 153 Å². The van der Waals surface area contributed by atoms with Gasteiger partial charge in [-0.15, -0.1) is 11.3 Å². The predicted octanol–water partition coefficient (Wildman–Crippen LogP) is 4.76. The lowest BCUT2D eigenvalue weighted by Gasteiger charge is -2.18. The highest BCUT2D eigenvalue weighted by Crippen LogP contribution is 2.31. The van der Waals surface area contributed by atoms with E-state index in [1.807, 2.05) is 13.3 Å². The van der Waals surface area contributed by atoms with E-state index in [0.29, 0.717) is 0 Å². The van der Waals surface area contributed by atoms with E-state index in [2.05, 4.69) is 78.4 Å². The number of benzene rings is 1. The molecule has 0 saturated heterocycles. The van der Waals surface area contributed by atoms with Gasteiger partial charge in [-0.1, -0.05) is 45.0 Å². The van der Waals surface area contributed by atoms with Crippen molar-refractivity contribution in [2.45, 2.75) is 32.7 Å². The van der Waals surface area contributed by atoms with E-state index in [1.54, 1.807) is 11.3 Å². The first-order valence-electron chi connectivity index (χ1n) is 8.39. The zero-order valence-corrected chi connectivity index (χ0v) is 15.9. The van der Waals surface area contributed by atoms with Crippen LogP contribution < -0.4 is 10.7 Å². The highest BCUT2D eigenvalue weighted by atomic mass is 32.1. The fraction of sp³-hybridized carbons (Fsp3) is 0.300. The number of aromatic nitrogens is 1. The number of hydrogen-bond donors (Lipinski definition) is 2. The van der Waals surface area contributed by atoms with E-state index in [1.165, 1.54) is 10.3 Å². The van der Waals surface area contributed by atoms with Crippen LogP contribution in [0.15, 0.2) is 46.9 Å². The fourth-order valence-corrected chi connectivity index (χ4v) is 3.35. The molecule has 0 aliphatic carbocycles. The molecule has 2 heterocycles. The molecule has 2 aromatic heterocycles. The SMILES string of the molecule is CNCc1ccc(C=NNc2nc(C(C)(C)C)cc3sccc23)cc1. The molecule has 4 nitrogen and oxygen atoms in total. The third-order valence-corrected chi connectivity index (χ3v) is 4.83. The molecule has 0 unspecified atom stereocenters. The average molecular weight is 353 g/mol. The first kappa shape index (κ1) is 17.6. The summed E-state index contributed by atoms with van der Waals surface area (Å²) >= 11 is 1.73. The van der Waals surface area contributed by atoms with Gasteiger partial charge in [-0.2, -0.15) is 5.10 Å². The molecule has 0 radical (unpaired) electrons. The van der Waals surface area contributed by atoms with Gasteiger partial charge in [-0.3, -0.25) is 5.43 Å². The molecule has 0 fully saturated rings. The van der Waals surface area contributed by atoms with Gasteiger partial charge in [0.05, 0.1) is 6.21 Å². The fourth-order valence-electron chi connectivity index (χ4n) is 2.53. The molecule has 5 heteroatoms. The van der Waals surface area contributed by atoms with Gasteiger partial charge in [-0.25, -0.2) is 4.98 Å². The van der Waals surface area contributed by atoms with Crippen LogP contribution >= 0.6 is 11.3 Å². The second-order valence-corrected chi connectivity index (χ2v) is 8.03. The van der Waals surface area contributed by atoms with E-state index in [9.17, 15) is 0 Å². The Morgan fingerprint density at radius 2 is 1.92 bits per heavy atom. The minimum atomic E-state index is 0.00146. The summed E-state index contributed by atoms with van der Waals surface area (Å²) in [5.74, 6) is 0.812. The van der Waals surface area contributed by atoms with Crippen molar-refractivity contribution < 1.29 is 0 Å². The summed E-state index contributed by atoms with van der Waals surface area (Å²) in [4.78, 5) is 4.79.